The molecule has 1 fully saturated rings. The lowest BCUT2D eigenvalue weighted by Gasteiger charge is -2.31. The van der Waals surface area contributed by atoms with E-state index in [0.717, 1.165) is 48.9 Å². The SMILES string of the molecule is O=C1Nc2ccc(NS(=O)(=O)Cc3ccccc3)cc2C12CCCCC2. The van der Waals surface area contributed by atoms with Gasteiger partial charge in [-0.25, -0.2) is 8.42 Å². The van der Waals surface area contributed by atoms with Crippen LogP contribution in [0.15, 0.2) is 48.5 Å². The van der Waals surface area contributed by atoms with Crippen LogP contribution in [0.2, 0.25) is 0 Å². The molecular weight excluding hydrogens is 348 g/mol. The van der Waals surface area contributed by atoms with Crippen molar-refractivity contribution >= 4 is 27.3 Å². The lowest BCUT2D eigenvalue weighted by Crippen LogP contribution is -2.36. The van der Waals surface area contributed by atoms with Crippen LogP contribution in [-0.2, 0) is 26.0 Å². The van der Waals surface area contributed by atoms with Crippen molar-refractivity contribution in [2.75, 3.05) is 10.0 Å². The first-order valence-corrected chi connectivity index (χ1v) is 10.6. The van der Waals surface area contributed by atoms with E-state index in [1.54, 1.807) is 24.3 Å². The molecule has 2 N–H and O–H groups in total. The summed E-state index contributed by atoms with van der Waals surface area (Å²) >= 11 is 0. The number of benzene rings is 2. The van der Waals surface area contributed by atoms with Crippen molar-refractivity contribution in [3.63, 3.8) is 0 Å². The van der Waals surface area contributed by atoms with Gasteiger partial charge in [0.2, 0.25) is 15.9 Å². The molecule has 0 atom stereocenters. The van der Waals surface area contributed by atoms with Crippen LogP contribution >= 0.6 is 0 Å². The molecule has 2 aliphatic rings. The molecular formula is C20H22N2O3S. The van der Waals surface area contributed by atoms with Gasteiger partial charge >= 0.3 is 0 Å². The molecule has 1 heterocycles. The third kappa shape index (κ3) is 3.09. The average Bonchev–Trinajstić information content (AvgIpc) is 2.87. The number of hydrogen-bond acceptors (Lipinski definition) is 3. The molecule has 1 saturated carbocycles. The maximum absolute atomic E-state index is 12.6. The average molecular weight is 370 g/mol. The summed E-state index contributed by atoms with van der Waals surface area (Å²) in [5.74, 6) is -0.0238. The van der Waals surface area contributed by atoms with Crippen molar-refractivity contribution in [1.29, 1.82) is 0 Å². The van der Waals surface area contributed by atoms with Gasteiger partial charge in [-0.05, 0) is 42.2 Å². The van der Waals surface area contributed by atoms with E-state index < -0.39 is 15.4 Å². The summed E-state index contributed by atoms with van der Waals surface area (Å²) in [6.45, 7) is 0. The molecule has 2 aromatic carbocycles. The summed E-state index contributed by atoms with van der Waals surface area (Å²) in [5.41, 5.74) is 2.50. The lowest BCUT2D eigenvalue weighted by atomic mass is 9.70. The smallest absolute Gasteiger partial charge is 0.236 e. The fourth-order valence-electron chi connectivity index (χ4n) is 4.14. The number of fused-ring (bicyclic) bond motifs is 2. The molecule has 1 spiro atoms. The van der Waals surface area contributed by atoms with Crippen molar-refractivity contribution in [3.8, 4) is 0 Å². The minimum absolute atomic E-state index is 0.0523. The number of nitrogens with one attached hydrogen (secondary N) is 2. The van der Waals surface area contributed by atoms with Gasteiger partial charge in [-0.2, -0.15) is 0 Å². The third-order valence-corrected chi connectivity index (χ3v) is 6.66. The normalized spacial score (nSPS) is 18.4. The Morgan fingerprint density at radius 1 is 1.00 bits per heavy atom. The molecule has 4 rings (SSSR count). The summed E-state index contributed by atoms with van der Waals surface area (Å²) in [4.78, 5) is 12.6. The van der Waals surface area contributed by atoms with Gasteiger partial charge in [0.15, 0.2) is 0 Å². The number of hydrogen-bond donors (Lipinski definition) is 2. The molecule has 26 heavy (non-hydrogen) atoms. The van der Waals surface area contributed by atoms with Gasteiger partial charge in [0, 0.05) is 11.4 Å². The molecule has 136 valence electrons. The predicted molar refractivity (Wildman–Crippen MR) is 103 cm³/mol. The van der Waals surface area contributed by atoms with Crippen molar-refractivity contribution in [1.82, 2.24) is 0 Å². The zero-order valence-electron chi connectivity index (χ0n) is 14.5. The van der Waals surface area contributed by atoms with E-state index in [1.165, 1.54) is 0 Å². The third-order valence-electron chi connectivity index (χ3n) is 5.40. The Morgan fingerprint density at radius 3 is 2.46 bits per heavy atom. The van der Waals surface area contributed by atoms with Gasteiger partial charge < -0.3 is 5.32 Å². The summed E-state index contributed by atoms with van der Waals surface area (Å²) in [6.07, 6.45) is 4.85. The monoisotopic (exact) mass is 370 g/mol. The second-order valence-electron chi connectivity index (χ2n) is 7.20. The quantitative estimate of drug-likeness (QED) is 0.860. The molecule has 5 nitrogen and oxygen atoms in total. The number of carbonyl (C=O) groups excluding carboxylic acids is 1. The van der Waals surface area contributed by atoms with Gasteiger partial charge in [-0.3, -0.25) is 9.52 Å². The highest BCUT2D eigenvalue weighted by atomic mass is 32.2. The maximum atomic E-state index is 12.6. The summed E-state index contributed by atoms with van der Waals surface area (Å²) in [7, 11) is -3.52. The van der Waals surface area contributed by atoms with Crippen LogP contribution in [-0.4, -0.2) is 14.3 Å². The number of rotatable bonds is 4. The van der Waals surface area contributed by atoms with Crippen molar-refractivity contribution in [2.45, 2.75) is 43.3 Å². The van der Waals surface area contributed by atoms with Crippen molar-refractivity contribution < 1.29 is 13.2 Å². The highest BCUT2D eigenvalue weighted by Gasteiger charge is 2.47. The first-order chi connectivity index (χ1) is 12.5. The van der Waals surface area contributed by atoms with Crippen molar-refractivity contribution in [3.05, 3.63) is 59.7 Å². The van der Waals surface area contributed by atoms with Crippen LogP contribution in [0.1, 0.15) is 43.2 Å². The van der Waals surface area contributed by atoms with Crippen LogP contribution in [0, 0.1) is 0 Å². The Hall–Kier alpha value is -2.34. The maximum Gasteiger partial charge on any atom is 0.236 e. The first kappa shape index (κ1) is 17.1. The van der Waals surface area contributed by atoms with Gasteiger partial charge in [0.25, 0.3) is 0 Å². The van der Waals surface area contributed by atoms with Gasteiger partial charge in [-0.15, -0.1) is 0 Å². The van der Waals surface area contributed by atoms with E-state index in [4.69, 9.17) is 0 Å². The fourth-order valence-corrected chi connectivity index (χ4v) is 5.33. The number of carbonyl (C=O) groups is 1. The minimum atomic E-state index is -3.52. The number of sulfonamides is 1. The Bertz CT molecular complexity index is 933. The molecule has 1 amide bonds. The van der Waals surface area contributed by atoms with Crippen LogP contribution in [0.3, 0.4) is 0 Å². The molecule has 2 aromatic rings. The molecule has 0 aromatic heterocycles. The van der Waals surface area contributed by atoms with Gasteiger partial charge in [-0.1, -0.05) is 49.6 Å². The Balaban J connectivity index is 1.61. The van der Waals surface area contributed by atoms with Crippen LogP contribution in [0.25, 0.3) is 0 Å². The molecule has 1 aliphatic heterocycles. The van der Waals surface area contributed by atoms with E-state index in [-0.39, 0.29) is 11.7 Å². The standard InChI is InChI=1S/C20H22N2O3S/c23-19-20(11-5-2-6-12-20)17-13-16(9-10-18(17)21-19)22-26(24,25)14-15-7-3-1-4-8-15/h1,3-4,7-10,13,22H,2,5-6,11-12,14H2,(H,21,23). The molecule has 0 unspecified atom stereocenters. The molecule has 6 heteroatoms. The Morgan fingerprint density at radius 2 is 1.73 bits per heavy atom. The fraction of sp³-hybridized carbons (Fsp3) is 0.350. The van der Waals surface area contributed by atoms with Gasteiger partial charge in [0.05, 0.1) is 11.2 Å². The Labute approximate surface area is 153 Å². The first-order valence-electron chi connectivity index (χ1n) is 8.99. The van der Waals surface area contributed by atoms with E-state index in [2.05, 4.69) is 10.0 Å². The van der Waals surface area contributed by atoms with E-state index in [0.29, 0.717) is 5.69 Å². The summed E-state index contributed by atoms with van der Waals surface area (Å²) in [6, 6.07) is 14.4. The topological polar surface area (TPSA) is 75.3 Å². The molecule has 0 bridgehead atoms. The highest BCUT2D eigenvalue weighted by Crippen LogP contribution is 2.48. The predicted octanol–water partition coefficient (Wildman–Crippen LogP) is 3.78. The number of anilines is 2. The van der Waals surface area contributed by atoms with E-state index >= 15 is 0 Å². The second kappa shape index (κ2) is 6.43. The second-order valence-corrected chi connectivity index (χ2v) is 8.93. The zero-order valence-corrected chi connectivity index (χ0v) is 15.3. The van der Waals surface area contributed by atoms with Crippen LogP contribution in [0.4, 0.5) is 11.4 Å². The van der Waals surface area contributed by atoms with Crippen molar-refractivity contribution in [2.24, 2.45) is 0 Å². The van der Waals surface area contributed by atoms with E-state index in [9.17, 15) is 13.2 Å². The lowest BCUT2D eigenvalue weighted by molar-refractivity contribution is -0.121. The molecule has 0 radical (unpaired) electrons. The molecule has 0 saturated heterocycles. The van der Waals surface area contributed by atoms with Crippen LogP contribution < -0.4 is 10.0 Å². The summed E-state index contributed by atoms with van der Waals surface area (Å²) < 4.78 is 27.7. The van der Waals surface area contributed by atoms with Gasteiger partial charge in [0.1, 0.15) is 0 Å². The summed E-state index contributed by atoms with van der Waals surface area (Å²) in [5, 5.41) is 2.97. The minimum Gasteiger partial charge on any atom is -0.325 e. The largest absolute Gasteiger partial charge is 0.325 e. The Kier molecular flexibility index (Phi) is 4.23. The van der Waals surface area contributed by atoms with Crippen LogP contribution in [0.5, 0.6) is 0 Å². The van der Waals surface area contributed by atoms with E-state index in [1.807, 2.05) is 24.3 Å². The molecule has 1 aliphatic carbocycles. The zero-order chi connectivity index (χ0) is 18.2. The number of amides is 1. The highest BCUT2D eigenvalue weighted by molar-refractivity contribution is 7.91.